The van der Waals surface area contributed by atoms with Gasteiger partial charge in [-0.2, -0.15) is 5.26 Å². The number of rotatable bonds is 5. The Kier molecular flexibility index (Phi) is 5.60. The molecule has 0 aromatic heterocycles. The predicted octanol–water partition coefficient (Wildman–Crippen LogP) is 3.93. The minimum atomic E-state index is -0.222. The average molecular weight is 299 g/mol. The van der Waals surface area contributed by atoms with Gasteiger partial charge >= 0.3 is 0 Å². The Bertz CT molecular complexity index is 414. The van der Waals surface area contributed by atoms with Gasteiger partial charge in [0.1, 0.15) is 5.82 Å². The third-order valence-electron chi connectivity index (χ3n) is 2.74. The first-order valence-corrected chi connectivity index (χ1v) is 6.45. The second-order valence-electron chi connectivity index (χ2n) is 4.02. The molecule has 1 aromatic rings. The van der Waals surface area contributed by atoms with E-state index in [1.165, 1.54) is 6.07 Å². The molecule has 0 radical (unpaired) electrons. The monoisotopic (exact) mass is 298 g/mol. The van der Waals surface area contributed by atoms with E-state index >= 15 is 0 Å². The average Bonchev–Trinajstić information content (AvgIpc) is 2.31. The van der Waals surface area contributed by atoms with Gasteiger partial charge in [-0.05, 0) is 31.5 Å². The summed E-state index contributed by atoms with van der Waals surface area (Å²) in [7, 11) is 0. The van der Waals surface area contributed by atoms with Gasteiger partial charge in [0.05, 0.1) is 12.5 Å². The van der Waals surface area contributed by atoms with E-state index in [0.29, 0.717) is 12.0 Å². The van der Waals surface area contributed by atoms with Crippen LogP contribution in [0.15, 0.2) is 22.7 Å². The van der Waals surface area contributed by atoms with E-state index in [-0.39, 0.29) is 17.9 Å². The molecule has 92 valence electrons. The molecule has 1 N–H and O–H groups in total. The molecular weight excluding hydrogens is 283 g/mol. The standard InChI is InChI=1S/C13H16BrFN2/c1-3-11(6-7-16)17-9(2)12-8-10(14)4-5-13(12)15/h4-5,8-9,11,17H,3,6H2,1-2H3. The van der Waals surface area contributed by atoms with Gasteiger partial charge in [0.15, 0.2) is 0 Å². The fourth-order valence-corrected chi connectivity index (χ4v) is 2.10. The van der Waals surface area contributed by atoms with Crippen molar-refractivity contribution in [2.45, 2.75) is 38.8 Å². The summed E-state index contributed by atoms with van der Waals surface area (Å²) in [6.45, 7) is 3.92. The Morgan fingerprint density at radius 3 is 2.82 bits per heavy atom. The number of halogens is 2. The van der Waals surface area contributed by atoms with Gasteiger partial charge in [0, 0.05) is 22.1 Å². The quantitative estimate of drug-likeness (QED) is 0.894. The number of nitrogens with one attached hydrogen (secondary N) is 1. The van der Waals surface area contributed by atoms with Crippen molar-refractivity contribution in [2.75, 3.05) is 0 Å². The maximum absolute atomic E-state index is 13.6. The van der Waals surface area contributed by atoms with Crippen LogP contribution in [0.2, 0.25) is 0 Å². The largest absolute Gasteiger partial charge is 0.306 e. The molecule has 0 fully saturated rings. The lowest BCUT2D eigenvalue weighted by Gasteiger charge is -2.21. The molecule has 2 atom stereocenters. The van der Waals surface area contributed by atoms with Crippen LogP contribution >= 0.6 is 15.9 Å². The molecule has 0 spiro atoms. The number of benzene rings is 1. The summed E-state index contributed by atoms with van der Waals surface area (Å²) >= 11 is 3.33. The maximum Gasteiger partial charge on any atom is 0.128 e. The van der Waals surface area contributed by atoms with E-state index in [9.17, 15) is 4.39 Å². The number of nitrogens with zero attached hydrogens (tertiary/aromatic N) is 1. The van der Waals surface area contributed by atoms with E-state index in [4.69, 9.17) is 5.26 Å². The minimum absolute atomic E-state index is 0.105. The van der Waals surface area contributed by atoms with Gasteiger partial charge in [-0.15, -0.1) is 0 Å². The molecule has 17 heavy (non-hydrogen) atoms. The molecule has 0 saturated heterocycles. The summed E-state index contributed by atoms with van der Waals surface area (Å²) in [6.07, 6.45) is 1.30. The van der Waals surface area contributed by atoms with Crippen molar-refractivity contribution in [3.8, 4) is 6.07 Å². The summed E-state index contributed by atoms with van der Waals surface area (Å²) in [6, 6.07) is 7.03. The van der Waals surface area contributed by atoms with Crippen LogP contribution in [0.25, 0.3) is 0 Å². The Labute approximate surface area is 110 Å². The second kappa shape index (κ2) is 6.73. The van der Waals surface area contributed by atoms with Crippen molar-refractivity contribution in [2.24, 2.45) is 0 Å². The van der Waals surface area contributed by atoms with Crippen LogP contribution in [0.3, 0.4) is 0 Å². The summed E-state index contributed by atoms with van der Waals surface area (Å²) < 4.78 is 14.5. The summed E-state index contributed by atoms with van der Waals surface area (Å²) in [4.78, 5) is 0. The van der Waals surface area contributed by atoms with Crippen molar-refractivity contribution in [3.63, 3.8) is 0 Å². The van der Waals surface area contributed by atoms with Gasteiger partial charge in [-0.25, -0.2) is 4.39 Å². The Hall–Kier alpha value is -0.920. The number of hydrogen-bond acceptors (Lipinski definition) is 2. The highest BCUT2D eigenvalue weighted by Crippen LogP contribution is 2.22. The van der Waals surface area contributed by atoms with E-state index in [1.54, 1.807) is 12.1 Å². The third kappa shape index (κ3) is 4.10. The van der Waals surface area contributed by atoms with E-state index < -0.39 is 0 Å². The molecule has 2 unspecified atom stereocenters. The van der Waals surface area contributed by atoms with Crippen LogP contribution in [0.4, 0.5) is 4.39 Å². The Balaban J connectivity index is 2.78. The van der Waals surface area contributed by atoms with Crippen LogP contribution in [-0.2, 0) is 0 Å². The maximum atomic E-state index is 13.6. The number of nitriles is 1. The topological polar surface area (TPSA) is 35.8 Å². The predicted molar refractivity (Wildman–Crippen MR) is 70.0 cm³/mol. The molecule has 1 rings (SSSR count). The second-order valence-corrected chi connectivity index (χ2v) is 4.94. The zero-order chi connectivity index (χ0) is 12.8. The zero-order valence-electron chi connectivity index (χ0n) is 10.0. The van der Waals surface area contributed by atoms with Gasteiger partial charge in [0.2, 0.25) is 0 Å². The molecule has 0 heterocycles. The first-order valence-electron chi connectivity index (χ1n) is 5.66. The van der Waals surface area contributed by atoms with Crippen LogP contribution in [0.1, 0.15) is 38.3 Å². The molecular formula is C13H16BrFN2. The highest BCUT2D eigenvalue weighted by Gasteiger charge is 2.15. The lowest BCUT2D eigenvalue weighted by atomic mass is 10.0. The van der Waals surface area contributed by atoms with Crippen LogP contribution in [-0.4, -0.2) is 6.04 Å². The molecule has 2 nitrogen and oxygen atoms in total. The molecule has 0 aliphatic rings. The lowest BCUT2D eigenvalue weighted by molar-refractivity contribution is 0.435. The van der Waals surface area contributed by atoms with Gasteiger partial charge < -0.3 is 5.32 Å². The highest BCUT2D eigenvalue weighted by molar-refractivity contribution is 9.10. The van der Waals surface area contributed by atoms with Crippen molar-refractivity contribution in [1.82, 2.24) is 5.32 Å². The number of hydrogen-bond donors (Lipinski definition) is 1. The Morgan fingerprint density at radius 2 is 2.24 bits per heavy atom. The molecule has 4 heteroatoms. The highest BCUT2D eigenvalue weighted by atomic mass is 79.9. The SMILES string of the molecule is CCC(CC#N)NC(C)c1cc(Br)ccc1F. The zero-order valence-corrected chi connectivity index (χ0v) is 11.6. The molecule has 0 saturated carbocycles. The first-order chi connectivity index (χ1) is 8.08. The van der Waals surface area contributed by atoms with Crippen molar-refractivity contribution >= 4 is 15.9 Å². The summed E-state index contributed by atoms with van der Waals surface area (Å²) in [5, 5.41) is 11.9. The van der Waals surface area contributed by atoms with Gasteiger partial charge in [0.25, 0.3) is 0 Å². The minimum Gasteiger partial charge on any atom is -0.306 e. The van der Waals surface area contributed by atoms with Crippen LogP contribution in [0.5, 0.6) is 0 Å². The van der Waals surface area contributed by atoms with Crippen LogP contribution in [0, 0.1) is 17.1 Å². The third-order valence-corrected chi connectivity index (χ3v) is 3.23. The summed E-state index contributed by atoms with van der Waals surface area (Å²) in [5.74, 6) is -0.222. The van der Waals surface area contributed by atoms with E-state index in [1.807, 2.05) is 13.8 Å². The first kappa shape index (κ1) is 14.1. The molecule has 0 aliphatic carbocycles. The van der Waals surface area contributed by atoms with Crippen molar-refractivity contribution in [3.05, 3.63) is 34.1 Å². The van der Waals surface area contributed by atoms with Gasteiger partial charge in [-0.3, -0.25) is 0 Å². The smallest absolute Gasteiger partial charge is 0.128 e. The fourth-order valence-electron chi connectivity index (χ4n) is 1.72. The Morgan fingerprint density at radius 1 is 1.53 bits per heavy atom. The van der Waals surface area contributed by atoms with Crippen LogP contribution < -0.4 is 5.32 Å². The van der Waals surface area contributed by atoms with Gasteiger partial charge in [-0.1, -0.05) is 22.9 Å². The van der Waals surface area contributed by atoms with E-state index in [0.717, 1.165) is 10.9 Å². The normalized spacial score (nSPS) is 14.1. The molecule has 0 amide bonds. The summed E-state index contributed by atoms with van der Waals surface area (Å²) in [5.41, 5.74) is 0.621. The molecule has 0 aliphatic heterocycles. The van der Waals surface area contributed by atoms with Crippen molar-refractivity contribution < 1.29 is 4.39 Å². The lowest BCUT2D eigenvalue weighted by Crippen LogP contribution is -2.31. The van der Waals surface area contributed by atoms with E-state index in [2.05, 4.69) is 27.3 Å². The fraction of sp³-hybridized carbons (Fsp3) is 0.462. The molecule has 0 bridgehead atoms. The molecule has 1 aromatic carbocycles. The van der Waals surface area contributed by atoms with Crippen molar-refractivity contribution in [1.29, 1.82) is 5.26 Å².